The fourth-order valence-electron chi connectivity index (χ4n) is 2.90. The SMILES string of the molecule is COC(=O)c1ccc(O)c(N(c2ccc(C)cc2)c2ccccc2C(=O)O)c1. The number of carbonyl (C=O) groups excluding carboxylic acids is 1. The normalized spacial score (nSPS) is 10.4. The number of hydrogen-bond acceptors (Lipinski definition) is 5. The zero-order valence-corrected chi connectivity index (χ0v) is 15.4. The van der Waals surface area contributed by atoms with Gasteiger partial charge in [-0.3, -0.25) is 0 Å². The van der Waals surface area contributed by atoms with E-state index in [0.29, 0.717) is 11.4 Å². The van der Waals surface area contributed by atoms with Gasteiger partial charge in [-0.05, 0) is 49.4 Å². The van der Waals surface area contributed by atoms with Gasteiger partial charge in [0.25, 0.3) is 0 Å². The fourth-order valence-corrected chi connectivity index (χ4v) is 2.90. The lowest BCUT2D eigenvalue weighted by molar-refractivity contribution is 0.0599. The molecule has 6 nitrogen and oxygen atoms in total. The maximum atomic E-state index is 12.0. The number of benzene rings is 3. The molecule has 0 radical (unpaired) electrons. The standard InChI is InChI=1S/C22H19NO5/c1-14-7-10-16(11-8-14)23(18-6-4-3-5-17(18)21(25)26)19-13-15(22(27)28-2)9-12-20(19)24/h3-13,24H,1-2H3,(H,25,26). The zero-order valence-electron chi connectivity index (χ0n) is 15.4. The molecule has 0 amide bonds. The minimum atomic E-state index is -1.10. The van der Waals surface area contributed by atoms with Gasteiger partial charge in [-0.2, -0.15) is 0 Å². The van der Waals surface area contributed by atoms with Gasteiger partial charge in [0.05, 0.1) is 29.6 Å². The van der Waals surface area contributed by atoms with Crippen LogP contribution in [0.25, 0.3) is 0 Å². The molecule has 0 aliphatic carbocycles. The van der Waals surface area contributed by atoms with Crippen molar-refractivity contribution in [1.82, 2.24) is 0 Å². The quantitative estimate of drug-likeness (QED) is 0.629. The molecule has 142 valence electrons. The van der Waals surface area contributed by atoms with Gasteiger partial charge in [0, 0.05) is 5.69 Å². The maximum Gasteiger partial charge on any atom is 0.337 e. The van der Waals surface area contributed by atoms with Crippen molar-refractivity contribution < 1.29 is 24.5 Å². The van der Waals surface area contributed by atoms with Gasteiger partial charge in [-0.1, -0.05) is 29.8 Å². The third-order valence-corrected chi connectivity index (χ3v) is 4.30. The third-order valence-electron chi connectivity index (χ3n) is 4.30. The Hall–Kier alpha value is -3.80. The number of phenolic OH excluding ortho intramolecular Hbond substituents is 1. The average Bonchev–Trinajstić information content (AvgIpc) is 2.70. The second kappa shape index (κ2) is 7.84. The van der Waals surface area contributed by atoms with Gasteiger partial charge < -0.3 is 19.8 Å². The minimum absolute atomic E-state index is 0.0611. The summed E-state index contributed by atoms with van der Waals surface area (Å²) < 4.78 is 4.77. The van der Waals surface area contributed by atoms with Crippen LogP contribution in [0.1, 0.15) is 26.3 Å². The van der Waals surface area contributed by atoms with Crippen molar-refractivity contribution in [3.63, 3.8) is 0 Å². The molecule has 0 aliphatic rings. The van der Waals surface area contributed by atoms with Crippen molar-refractivity contribution in [2.45, 2.75) is 6.92 Å². The number of aryl methyl sites for hydroxylation is 1. The summed E-state index contributed by atoms with van der Waals surface area (Å²) in [4.78, 5) is 25.4. The Balaban J connectivity index is 2.28. The second-order valence-electron chi connectivity index (χ2n) is 6.19. The van der Waals surface area contributed by atoms with Crippen molar-refractivity contribution in [2.75, 3.05) is 12.0 Å². The number of methoxy groups -OCH3 is 1. The monoisotopic (exact) mass is 377 g/mol. The molecule has 0 unspecified atom stereocenters. The summed E-state index contributed by atoms with van der Waals surface area (Å²) in [6.45, 7) is 1.94. The summed E-state index contributed by atoms with van der Waals surface area (Å²) in [6.07, 6.45) is 0. The largest absolute Gasteiger partial charge is 0.506 e. The molecule has 0 saturated carbocycles. The summed E-state index contributed by atoms with van der Waals surface area (Å²) in [5.74, 6) is -1.76. The number of aromatic carboxylic acids is 1. The Morgan fingerprint density at radius 1 is 0.929 bits per heavy atom. The Labute approximate surface area is 162 Å². The molecule has 2 N–H and O–H groups in total. The molecule has 0 aliphatic heterocycles. The molecule has 28 heavy (non-hydrogen) atoms. The van der Waals surface area contributed by atoms with Gasteiger partial charge >= 0.3 is 11.9 Å². The molecular formula is C22H19NO5. The number of phenols is 1. The average molecular weight is 377 g/mol. The number of hydrogen-bond donors (Lipinski definition) is 2. The van der Waals surface area contributed by atoms with E-state index in [1.54, 1.807) is 23.1 Å². The predicted molar refractivity (Wildman–Crippen MR) is 106 cm³/mol. The topological polar surface area (TPSA) is 87.1 Å². The van der Waals surface area contributed by atoms with Crippen LogP contribution in [0, 0.1) is 6.92 Å². The van der Waals surface area contributed by atoms with Gasteiger partial charge in [0.2, 0.25) is 0 Å². The lowest BCUT2D eigenvalue weighted by Crippen LogP contribution is -2.15. The van der Waals surface area contributed by atoms with Crippen LogP contribution in [0.5, 0.6) is 5.75 Å². The molecule has 0 atom stereocenters. The Morgan fingerprint density at radius 3 is 2.25 bits per heavy atom. The fraction of sp³-hybridized carbons (Fsp3) is 0.0909. The zero-order chi connectivity index (χ0) is 20.3. The van der Waals surface area contributed by atoms with Crippen molar-refractivity contribution in [3.05, 3.63) is 83.4 Å². The molecule has 3 rings (SSSR count). The number of rotatable bonds is 5. The van der Waals surface area contributed by atoms with E-state index < -0.39 is 11.9 Å². The number of para-hydroxylation sites is 1. The van der Waals surface area contributed by atoms with Crippen LogP contribution in [-0.2, 0) is 4.74 Å². The van der Waals surface area contributed by atoms with E-state index in [2.05, 4.69) is 0 Å². The third kappa shape index (κ3) is 3.66. The molecule has 3 aromatic rings. The van der Waals surface area contributed by atoms with Crippen molar-refractivity contribution in [3.8, 4) is 5.75 Å². The Morgan fingerprint density at radius 2 is 1.61 bits per heavy atom. The van der Waals surface area contributed by atoms with Crippen LogP contribution < -0.4 is 4.90 Å². The van der Waals surface area contributed by atoms with Crippen molar-refractivity contribution in [2.24, 2.45) is 0 Å². The van der Waals surface area contributed by atoms with Crippen LogP contribution in [0.15, 0.2) is 66.7 Å². The summed E-state index contributed by atoms with van der Waals surface area (Å²) in [5, 5.41) is 20.2. The number of carbonyl (C=O) groups is 2. The lowest BCUT2D eigenvalue weighted by atomic mass is 10.1. The maximum absolute atomic E-state index is 12.0. The van der Waals surface area contributed by atoms with Gasteiger partial charge in [0.15, 0.2) is 0 Å². The van der Waals surface area contributed by atoms with E-state index in [9.17, 15) is 19.8 Å². The smallest absolute Gasteiger partial charge is 0.337 e. The molecule has 0 heterocycles. The van der Waals surface area contributed by atoms with E-state index >= 15 is 0 Å². The van der Waals surface area contributed by atoms with E-state index in [-0.39, 0.29) is 22.6 Å². The molecule has 3 aromatic carbocycles. The van der Waals surface area contributed by atoms with Crippen molar-refractivity contribution >= 4 is 29.0 Å². The number of nitrogens with zero attached hydrogens (tertiary/aromatic N) is 1. The summed E-state index contributed by atoms with van der Waals surface area (Å²) >= 11 is 0. The second-order valence-corrected chi connectivity index (χ2v) is 6.19. The van der Waals surface area contributed by atoms with Crippen LogP contribution in [-0.4, -0.2) is 29.3 Å². The first-order valence-electron chi connectivity index (χ1n) is 8.53. The van der Waals surface area contributed by atoms with Gasteiger partial charge in [0.1, 0.15) is 5.75 Å². The number of carboxylic acid groups (broad SMARTS) is 1. The molecule has 6 heteroatoms. The summed E-state index contributed by atoms with van der Waals surface area (Å²) in [6, 6.07) is 18.2. The van der Waals surface area contributed by atoms with Gasteiger partial charge in [-0.25, -0.2) is 9.59 Å². The van der Waals surface area contributed by atoms with E-state index in [1.807, 2.05) is 31.2 Å². The Bertz CT molecular complexity index is 1030. The number of anilines is 3. The number of aromatic hydroxyl groups is 1. The van der Waals surface area contributed by atoms with E-state index in [0.717, 1.165) is 5.56 Å². The lowest BCUT2D eigenvalue weighted by Gasteiger charge is -2.27. The van der Waals surface area contributed by atoms with Crippen LogP contribution >= 0.6 is 0 Å². The highest BCUT2D eigenvalue weighted by Crippen LogP contribution is 2.41. The predicted octanol–water partition coefficient (Wildman–Crippen LogP) is 4.66. The summed E-state index contributed by atoms with van der Waals surface area (Å²) in [7, 11) is 1.27. The van der Waals surface area contributed by atoms with Crippen LogP contribution in [0.2, 0.25) is 0 Å². The van der Waals surface area contributed by atoms with Crippen molar-refractivity contribution in [1.29, 1.82) is 0 Å². The highest BCUT2D eigenvalue weighted by Gasteiger charge is 2.22. The first-order chi connectivity index (χ1) is 13.4. The van der Waals surface area contributed by atoms with Gasteiger partial charge in [-0.15, -0.1) is 0 Å². The molecule has 0 aromatic heterocycles. The molecule has 0 bridgehead atoms. The highest BCUT2D eigenvalue weighted by atomic mass is 16.5. The summed E-state index contributed by atoms with van der Waals surface area (Å²) in [5.41, 5.74) is 2.59. The molecule has 0 saturated heterocycles. The van der Waals surface area contributed by atoms with E-state index in [4.69, 9.17) is 4.74 Å². The van der Waals surface area contributed by atoms with Crippen LogP contribution in [0.4, 0.5) is 17.1 Å². The minimum Gasteiger partial charge on any atom is -0.506 e. The highest BCUT2D eigenvalue weighted by molar-refractivity contribution is 5.99. The first kappa shape index (κ1) is 19.0. The number of carboxylic acids is 1. The Kier molecular flexibility index (Phi) is 5.31. The van der Waals surface area contributed by atoms with Crippen LogP contribution in [0.3, 0.4) is 0 Å². The molecular weight excluding hydrogens is 358 g/mol. The molecule has 0 fully saturated rings. The molecule has 0 spiro atoms. The number of ether oxygens (including phenoxy) is 1. The first-order valence-corrected chi connectivity index (χ1v) is 8.53. The number of esters is 1. The van der Waals surface area contributed by atoms with E-state index in [1.165, 1.54) is 31.4 Å².